The third-order valence-corrected chi connectivity index (χ3v) is 6.81. The fourth-order valence-corrected chi connectivity index (χ4v) is 5.34. The number of carbonyl (C=O) groups is 2. The molecule has 2 unspecified atom stereocenters. The van der Waals surface area contributed by atoms with Gasteiger partial charge in [0, 0.05) is 39.5 Å². The number of amides is 2. The van der Waals surface area contributed by atoms with E-state index in [9.17, 15) is 18.0 Å². The van der Waals surface area contributed by atoms with Gasteiger partial charge >= 0.3 is 0 Å². The van der Waals surface area contributed by atoms with Gasteiger partial charge in [0.1, 0.15) is 0 Å². The summed E-state index contributed by atoms with van der Waals surface area (Å²) in [5.41, 5.74) is 0. The number of rotatable bonds is 11. The lowest BCUT2D eigenvalue weighted by Gasteiger charge is -2.32. The standard InChI is InChI=1S/C18H33N3O6S/c1-20(12-17(22)19-7-4-8-26-2)13-18(23)21(11-16-5-3-9-27-16)15-6-10-28(24,25)14-15/h15-16H,3-14H2,1-2H3,(H,19,22). The fourth-order valence-electron chi connectivity index (χ4n) is 3.61. The van der Waals surface area contributed by atoms with Gasteiger partial charge < -0.3 is 19.7 Å². The number of likely N-dealkylation sites (N-methyl/N-ethyl adjacent to an activating group) is 1. The molecule has 2 amide bonds. The molecule has 2 aliphatic rings. The highest BCUT2D eigenvalue weighted by molar-refractivity contribution is 7.91. The van der Waals surface area contributed by atoms with Crippen molar-refractivity contribution in [2.75, 3.05) is 65.1 Å². The zero-order valence-corrected chi connectivity index (χ0v) is 17.7. The number of methoxy groups -OCH3 is 1. The number of hydrogen-bond acceptors (Lipinski definition) is 7. The second-order valence-corrected chi connectivity index (χ2v) is 9.84. The summed E-state index contributed by atoms with van der Waals surface area (Å²) in [7, 11) is 0.228. The zero-order chi connectivity index (χ0) is 20.6. The van der Waals surface area contributed by atoms with Gasteiger partial charge in [-0.1, -0.05) is 0 Å². The molecule has 0 saturated carbocycles. The van der Waals surface area contributed by atoms with Crippen molar-refractivity contribution in [1.82, 2.24) is 15.1 Å². The third-order valence-electron chi connectivity index (χ3n) is 5.06. The number of ether oxygens (including phenoxy) is 2. The Bertz CT molecular complexity index is 621. The smallest absolute Gasteiger partial charge is 0.237 e. The van der Waals surface area contributed by atoms with Gasteiger partial charge in [-0.3, -0.25) is 14.5 Å². The minimum atomic E-state index is -3.09. The van der Waals surface area contributed by atoms with E-state index in [1.165, 1.54) is 0 Å². The molecule has 0 aliphatic carbocycles. The number of carbonyl (C=O) groups excluding carboxylic acids is 2. The highest BCUT2D eigenvalue weighted by Crippen LogP contribution is 2.21. The number of nitrogens with one attached hydrogen (secondary N) is 1. The molecule has 2 heterocycles. The lowest BCUT2D eigenvalue weighted by atomic mass is 10.1. The minimum absolute atomic E-state index is 0.00909. The maximum atomic E-state index is 12.9. The first-order valence-electron chi connectivity index (χ1n) is 9.86. The Labute approximate surface area is 167 Å². The number of nitrogens with zero attached hydrogens (tertiary/aromatic N) is 2. The monoisotopic (exact) mass is 419 g/mol. The molecule has 2 rings (SSSR count). The van der Waals surface area contributed by atoms with Crippen LogP contribution in [0.3, 0.4) is 0 Å². The van der Waals surface area contributed by atoms with E-state index < -0.39 is 9.84 Å². The largest absolute Gasteiger partial charge is 0.385 e. The van der Waals surface area contributed by atoms with Crippen molar-refractivity contribution < 1.29 is 27.5 Å². The third kappa shape index (κ3) is 7.65. The van der Waals surface area contributed by atoms with E-state index in [1.54, 1.807) is 24.0 Å². The summed E-state index contributed by atoms with van der Waals surface area (Å²) >= 11 is 0. The first-order chi connectivity index (χ1) is 13.3. The fraction of sp³-hybridized carbons (Fsp3) is 0.889. The van der Waals surface area contributed by atoms with E-state index in [0.29, 0.717) is 32.7 Å². The Morgan fingerprint density at radius 3 is 2.64 bits per heavy atom. The van der Waals surface area contributed by atoms with E-state index >= 15 is 0 Å². The Morgan fingerprint density at radius 2 is 2.04 bits per heavy atom. The molecule has 2 fully saturated rings. The Morgan fingerprint density at radius 1 is 1.25 bits per heavy atom. The molecule has 0 aromatic heterocycles. The maximum Gasteiger partial charge on any atom is 0.237 e. The average molecular weight is 420 g/mol. The van der Waals surface area contributed by atoms with E-state index in [0.717, 1.165) is 19.3 Å². The molecular weight excluding hydrogens is 386 g/mol. The molecule has 0 bridgehead atoms. The van der Waals surface area contributed by atoms with Crippen molar-refractivity contribution in [3.63, 3.8) is 0 Å². The predicted molar refractivity (Wildman–Crippen MR) is 105 cm³/mol. The van der Waals surface area contributed by atoms with Gasteiger partial charge in [-0.05, 0) is 32.7 Å². The van der Waals surface area contributed by atoms with Crippen LogP contribution < -0.4 is 5.32 Å². The molecule has 2 atom stereocenters. The van der Waals surface area contributed by atoms with Crippen LogP contribution in [0.5, 0.6) is 0 Å². The van der Waals surface area contributed by atoms with Crippen LogP contribution >= 0.6 is 0 Å². The van der Waals surface area contributed by atoms with Crippen LogP contribution in [-0.4, -0.2) is 107 Å². The molecule has 0 radical (unpaired) electrons. The second-order valence-electron chi connectivity index (χ2n) is 7.61. The molecule has 162 valence electrons. The van der Waals surface area contributed by atoms with Crippen LogP contribution in [0.2, 0.25) is 0 Å². The van der Waals surface area contributed by atoms with Crippen molar-refractivity contribution in [3.05, 3.63) is 0 Å². The van der Waals surface area contributed by atoms with Crippen LogP contribution in [0.1, 0.15) is 25.7 Å². The SMILES string of the molecule is COCCCNC(=O)CN(C)CC(=O)N(CC1CCCO1)C1CCS(=O)(=O)C1. The molecule has 1 N–H and O–H groups in total. The molecular formula is C18H33N3O6S. The molecule has 9 nitrogen and oxygen atoms in total. The van der Waals surface area contributed by atoms with E-state index in [-0.39, 0.29) is 48.6 Å². The van der Waals surface area contributed by atoms with Crippen LogP contribution in [0.4, 0.5) is 0 Å². The van der Waals surface area contributed by atoms with Crippen LogP contribution in [0.15, 0.2) is 0 Å². The van der Waals surface area contributed by atoms with Crippen molar-refractivity contribution in [2.45, 2.75) is 37.8 Å². The van der Waals surface area contributed by atoms with Gasteiger partial charge in [-0.25, -0.2) is 8.42 Å². The molecule has 2 aliphatic heterocycles. The topological polar surface area (TPSA) is 105 Å². The van der Waals surface area contributed by atoms with Gasteiger partial charge in [0.15, 0.2) is 9.84 Å². The number of sulfone groups is 1. The zero-order valence-electron chi connectivity index (χ0n) is 16.9. The molecule has 0 aromatic rings. The Hall–Kier alpha value is -1.23. The summed E-state index contributed by atoms with van der Waals surface area (Å²) in [6.45, 7) is 2.37. The summed E-state index contributed by atoms with van der Waals surface area (Å²) in [5.74, 6) is -0.185. The lowest BCUT2D eigenvalue weighted by molar-refractivity contribution is -0.136. The Balaban J connectivity index is 1.87. The average Bonchev–Trinajstić information content (AvgIpc) is 3.25. The number of hydrogen-bond donors (Lipinski definition) is 1. The summed E-state index contributed by atoms with van der Waals surface area (Å²) in [4.78, 5) is 28.2. The van der Waals surface area contributed by atoms with E-state index in [1.807, 2.05) is 0 Å². The van der Waals surface area contributed by atoms with Gasteiger partial charge in [-0.2, -0.15) is 0 Å². The van der Waals surface area contributed by atoms with Crippen LogP contribution in [-0.2, 0) is 28.9 Å². The van der Waals surface area contributed by atoms with Gasteiger partial charge in [0.25, 0.3) is 0 Å². The maximum absolute atomic E-state index is 12.9. The first kappa shape index (κ1) is 23.1. The normalized spacial score (nSPS) is 23.8. The molecule has 2 saturated heterocycles. The van der Waals surface area contributed by atoms with Crippen molar-refractivity contribution >= 4 is 21.7 Å². The second kappa shape index (κ2) is 11.1. The van der Waals surface area contributed by atoms with E-state index in [2.05, 4.69) is 5.32 Å². The van der Waals surface area contributed by atoms with Crippen molar-refractivity contribution in [3.8, 4) is 0 Å². The molecule has 10 heteroatoms. The lowest BCUT2D eigenvalue weighted by Crippen LogP contribution is -2.49. The van der Waals surface area contributed by atoms with Crippen LogP contribution in [0.25, 0.3) is 0 Å². The van der Waals surface area contributed by atoms with Gasteiger partial charge in [0.05, 0.1) is 30.7 Å². The quantitative estimate of drug-likeness (QED) is 0.440. The minimum Gasteiger partial charge on any atom is -0.385 e. The molecule has 0 aromatic carbocycles. The summed E-state index contributed by atoms with van der Waals surface area (Å²) in [6.07, 6.45) is 2.99. The van der Waals surface area contributed by atoms with Gasteiger partial charge in [0.2, 0.25) is 11.8 Å². The van der Waals surface area contributed by atoms with Crippen molar-refractivity contribution in [1.29, 1.82) is 0 Å². The predicted octanol–water partition coefficient (Wildman–Crippen LogP) is -0.734. The summed E-state index contributed by atoms with van der Waals surface area (Å²) in [6, 6.07) is -0.307. The summed E-state index contributed by atoms with van der Waals surface area (Å²) in [5, 5.41) is 2.79. The molecule has 28 heavy (non-hydrogen) atoms. The van der Waals surface area contributed by atoms with Crippen LogP contribution in [0, 0.1) is 0 Å². The highest BCUT2D eigenvalue weighted by atomic mass is 32.2. The van der Waals surface area contributed by atoms with Gasteiger partial charge in [-0.15, -0.1) is 0 Å². The first-order valence-corrected chi connectivity index (χ1v) is 11.7. The highest BCUT2D eigenvalue weighted by Gasteiger charge is 2.36. The van der Waals surface area contributed by atoms with E-state index in [4.69, 9.17) is 9.47 Å². The summed E-state index contributed by atoms with van der Waals surface area (Å²) < 4.78 is 34.3. The molecule has 0 spiro atoms. The van der Waals surface area contributed by atoms with Crippen molar-refractivity contribution in [2.24, 2.45) is 0 Å². The Kier molecular flexibility index (Phi) is 9.13.